The van der Waals surface area contributed by atoms with E-state index in [-0.39, 0.29) is 25.0 Å². The number of benzene rings is 3. The second-order valence-corrected chi connectivity index (χ2v) is 11.6. The minimum Gasteiger partial charge on any atom is -0.484 e. The van der Waals surface area contributed by atoms with Gasteiger partial charge >= 0.3 is 0 Å². The van der Waals surface area contributed by atoms with Gasteiger partial charge in [0.25, 0.3) is 5.91 Å². The average Bonchev–Trinajstić information content (AvgIpc) is 2.83. The second kappa shape index (κ2) is 12.8. The van der Waals surface area contributed by atoms with Crippen LogP contribution in [0.25, 0.3) is 0 Å². The van der Waals surface area contributed by atoms with Crippen LogP contribution >= 0.6 is 39.1 Å². The van der Waals surface area contributed by atoms with Gasteiger partial charge in [-0.05, 0) is 74.7 Å². The highest BCUT2D eigenvalue weighted by atomic mass is 79.9. The molecule has 5 nitrogen and oxygen atoms in total. The molecule has 0 saturated carbocycles. The first-order chi connectivity index (χ1) is 17.4. The molecule has 0 saturated heterocycles. The van der Waals surface area contributed by atoms with Gasteiger partial charge in [-0.25, -0.2) is 0 Å². The average molecular weight is 606 g/mol. The molecule has 0 unspecified atom stereocenters. The van der Waals surface area contributed by atoms with Crippen molar-refractivity contribution in [2.45, 2.75) is 52.2 Å². The topological polar surface area (TPSA) is 58.6 Å². The molecule has 0 aliphatic heterocycles. The summed E-state index contributed by atoms with van der Waals surface area (Å²) in [5.41, 5.74) is 2.20. The summed E-state index contributed by atoms with van der Waals surface area (Å²) in [5.74, 6) is 0.00294. The van der Waals surface area contributed by atoms with Crippen molar-refractivity contribution in [3.05, 3.63) is 97.9 Å². The van der Waals surface area contributed by atoms with Crippen molar-refractivity contribution in [3.8, 4) is 5.75 Å². The van der Waals surface area contributed by atoms with Crippen LogP contribution in [-0.4, -0.2) is 34.9 Å². The van der Waals surface area contributed by atoms with Crippen LogP contribution in [0, 0.1) is 6.92 Å². The molecule has 0 radical (unpaired) electrons. The number of hydrogen-bond acceptors (Lipinski definition) is 3. The highest BCUT2D eigenvalue weighted by Gasteiger charge is 2.32. The van der Waals surface area contributed by atoms with Crippen LogP contribution < -0.4 is 10.1 Å². The largest absolute Gasteiger partial charge is 0.484 e. The van der Waals surface area contributed by atoms with E-state index in [0.29, 0.717) is 22.2 Å². The number of amides is 2. The fraction of sp³-hybridized carbons (Fsp3) is 0.310. The molecule has 0 aromatic heterocycles. The lowest BCUT2D eigenvalue weighted by atomic mass is 10.0. The minimum absolute atomic E-state index is 0.160. The molecule has 0 aliphatic rings. The van der Waals surface area contributed by atoms with Crippen molar-refractivity contribution in [2.24, 2.45) is 0 Å². The Kier molecular flexibility index (Phi) is 10.0. The Morgan fingerprint density at radius 1 is 0.973 bits per heavy atom. The van der Waals surface area contributed by atoms with E-state index in [1.807, 2.05) is 70.2 Å². The van der Waals surface area contributed by atoms with E-state index in [1.165, 1.54) is 0 Å². The van der Waals surface area contributed by atoms with Crippen LogP contribution in [-0.2, 0) is 22.6 Å². The number of halogens is 3. The summed E-state index contributed by atoms with van der Waals surface area (Å²) >= 11 is 15.9. The lowest BCUT2D eigenvalue weighted by Gasteiger charge is -2.33. The number of aryl methyl sites for hydroxylation is 1. The number of carbonyl (C=O) groups is 2. The van der Waals surface area contributed by atoms with E-state index in [0.717, 1.165) is 21.2 Å². The third kappa shape index (κ3) is 8.77. The summed E-state index contributed by atoms with van der Waals surface area (Å²) in [6.07, 6.45) is 0.340. The Morgan fingerprint density at radius 3 is 2.30 bits per heavy atom. The maximum Gasteiger partial charge on any atom is 0.261 e. The maximum atomic E-state index is 13.7. The molecule has 0 aliphatic carbocycles. The molecular formula is C29H31BrCl2N2O3. The van der Waals surface area contributed by atoms with Crippen LogP contribution in [0.4, 0.5) is 0 Å². The third-order valence-corrected chi connectivity index (χ3v) is 7.23. The first-order valence-electron chi connectivity index (χ1n) is 11.9. The van der Waals surface area contributed by atoms with E-state index >= 15 is 0 Å². The number of hydrogen-bond donors (Lipinski definition) is 1. The minimum atomic E-state index is -0.779. The molecule has 3 rings (SSSR count). The smallest absolute Gasteiger partial charge is 0.261 e. The van der Waals surface area contributed by atoms with Crippen LogP contribution in [0.2, 0.25) is 10.0 Å². The lowest BCUT2D eigenvalue weighted by molar-refractivity contribution is -0.143. The van der Waals surface area contributed by atoms with Crippen molar-refractivity contribution in [1.29, 1.82) is 0 Å². The summed E-state index contributed by atoms with van der Waals surface area (Å²) in [4.78, 5) is 28.8. The number of rotatable bonds is 9. The van der Waals surface area contributed by atoms with E-state index < -0.39 is 11.6 Å². The molecule has 0 bridgehead atoms. The molecule has 196 valence electrons. The van der Waals surface area contributed by atoms with Crippen molar-refractivity contribution in [2.75, 3.05) is 6.61 Å². The van der Waals surface area contributed by atoms with Crippen LogP contribution in [0.15, 0.2) is 71.2 Å². The monoisotopic (exact) mass is 604 g/mol. The summed E-state index contributed by atoms with van der Waals surface area (Å²) in [7, 11) is 0. The quantitative estimate of drug-likeness (QED) is 0.286. The number of nitrogens with zero attached hydrogens (tertiary/aromatic N) is 1. The Labute approximate surface area is 237 Å². The molecule has 0 fully saturated rings. The maximum absolute atomic E-state index is 13.7. The summed E-state index contributed by atoms with van der Waals surface area (Å²) in [6, 6.07) is 19.6. The summed E-state index contributed by atoms with van der Waals surface area (Å²) < 4.78 is 6.81. The van der Waals surface area contributed by atoms with Crippen molar-refractivity contribution < 1.29 is 14.3 Å². The van der Waals surface area contributed by atoms with Crippen LogP contribution in [0.5, 0.6) is 5.75 Å². The van der Waals surface area contributed by atoms with Crippen LogP contribution in [0.3, 0.4) is 0 Å². The highest BCUT2D eigenvalue weighted by Crippen LogP contribution is 2.25. The molecule has 37 heavy (non-hydrogen) atoms. The van der Waals surface area contributed by atoms with Gasteiger partial charge in [-0.2, -0.15) is 0 Å². The molecule has 8 heteroatoms. The molecule has 1 N–H and O–H groups in total. The Balaban J connectivity index is 1.95. The van der Waals surface area contributed by atoms with Crippen molar-refractivity contribution in [3.63, 3.8) is 0 Å². The molecule has 3 aromatic rings. The van der Waals surface area contributed by atoms with Gasteiger partial charge in [0, 0.05) is 23.0 Å². The van der Waals surface area contributed by atoms with Gasteiger partial charge in [0.15, 0.2) is 6.61 Å². The van der Waals surface area contributed by atoms with Gasteiger partial charge in [-0.15, -0.1) is 0 Å². The standard InChI is InChI=1S/C29H31BrCl2N2O3/c1-19-14-22(11-12-23(19)30)37-18-27(35)34(17-21-10-13-24(31)25(32)15-21)26(28(36)33-29(2,3)4)16-20-8-6-5-7-9-20/h5-15,26H,16-18H2,1-4H3,(H,33,36)/t26-/m0/s1. The zero-order valence-electron chi connectivity index (χ0n) is 21.4. The van der Waals surface area contributed by atoms with Crippen molar-refractivity contribution in [1.82, 2.24) is 10.2 Å². The van der Waals surface area contributed by atoms with E-state index in [1.54, 1.807) is 29.2 Å². The van der Waals surface area contributed by atoms with E-state index in [4.69, 9.17) is 27.9 Å². The lowest BCUT2D eigenvalue weighted by Crippen LogP contribution is -2.55. The SMILES string of the molecule is Cc1cc(OCC(=O)N(Cc2ccc(Cl)c(Cl)c2)[C@@H](Cc2ccccc2)C(=O)NC(C)(C)C)ccc1Br. The van der Waals surface area contributed by atoms with Gasteiger partial charge in [0.2, 0.25) is 5.91 Å². The highest BCUT2D eigenvalue weighted by molar-refractivity contribution is 9.10. The Hall–Kier alpha value is -2.54. The van der Waals surface area contributed by atoms with E-state index in [9.17, 15) is 9.59 Å². The van der Waals surface area contributed by atoms with Crippen LogP contribution in [0.1, 0.15) is 37.5 Å². The number of ether oxygens (including phenoxy) is 1. The van der Waals surface area contributed by atoms with E-state index in [2.05, 4.69) is 21.2 Å². The molecule has 0 heterocycles. The zero-order valence-corrected chi connectivity index (χ0v) is 24.5. The first-order valence-corrected chi connectivity index (χ1v) is 13.5. The van der Waals surface area contributed by atoms with Crippen molar-refractivity contribution >= 4 is 50.9 Å². The van der Waals surface area contributed by atoms with Gasteiger partial charge < -0.3 is 15.0 Å². The first kappa shape index (κ1) is 29.0. The Morgan fingerprint density at radius 2 is 1.68 bits per heavy atom. The summed E-state index contributed by atoms with van der Waals surface area (Å²) in [5, 5.41) is 3.84. The molecule has 0 spiro atoms. The predicted molar refractivity (Wildman–Crippen MR) is 153 cm³/mol. The zero-order chi connectivity index (χ0) is 27.2. The fourth-order valence-corrected chi connectivity index (χ4v) is 4.34. The predicted octanol–water partition coefficient (Wildman–Crippen LogP) is 7.00. The number of carbonyl (C=O) groups excluding carboxylic acids is 2. The van der Waals surface area contributed by atoms with Gasteiger partial charge in [0.1, 0.15) is 11.8 Å². The second-order valence-electron chi connectivity index (χ2n) is 9.91. The molecular weight excluding hydrogens is 575 g/mol. The normalized spacial score (nSPS) is 12.1. The van der Waals surface area contributed by atoms with Gasteiger partial charge in [0.05, 0.1) is 10.0 Å². The fourth-order valence-electron chi connectivity index (χ4n) is 3.78. The van der Waals surface area contributed by atoms with Gasteiger partial charge in [-0.3, -0.25) is 9.59 Å². The van der Waals surface area contributed by atoms with Gasteiger partial charge in [-0.1, -0.05) is 75.5 Å². The molecule has 3 aromatic carbocycles. The summed E-state index contributed by atoms with van der Waals surface area (Å²) in [6.45, 7) is 7.61. The molecule has 1 atom stereocenters. The number of nitrogens with one attached hydrogen (secondary N) is 1. The Bertz CT molecular complexity index is 1250. The third-order valence-electron chi connectivity index (χ3n) is 5.60. The molecule has 2 amide bonds.